The van der Waals surface area contributed by atoms with Crippen LogP contribution in [0.25, 0.3) is 0 Å². The van der Waals surface area contributed by atoms with Crippen LogP contribution in [0.2, 0.25) is 0 Å². The molecule has 66 valence electrons. The number of aliphatic carboxylic acids is 1. The molecule has 0 rings (SSSR count). The van der Waals surface area contributed by atoms with Crippen LogP contribution in [0.4, 0.5) is 4.39 Å². The van der Waals surface area contributed by atoms with Crippen molar-refractivity contribution < 1.29 is 14.3 Å². The van der Waals surface area contributed by atoms with Gasteiger partial charge in [-0.05, 0) is 25.5 Å². The van der Waals surface area contributed by atoms with Gasteiger partial charge in [0.2, 0.25) is 0 Å². The van der Waals surface area contributed by atoms with E-state index < -0.39 is 5.97 Å². The molecule has 0 aromatic carbocycles. The summed E-state index contributed by atoms with van der Waals surface area (Å²) in [6.45, 7) is 1.34. The van der Waals surface area contributed by atoms with Gasteiger partial charge in [0.1, 0.15) is 0 Å². The summed E-state index contributed by atoms with van der Waals surface area (Å²) in [6.07, 6.45) is 1.30. The molecule has 0 radical (unpaired) electrons. The minimum absolute atomic E-state index is 0.304. The van der Waals surface area contributed by atoms with Crippen LogP contribution in [0.15, 0.2) is 0 Å². The van der Waals surface area contributed by atoms with Gasteiger partial charge in [0, 0.05) is 0 Å². The number of carbonyl (C=O) groups is 1. The Balaban J connectivity index is 3.17. The minimum Gasteiger partial charge on any atom is -0.480 e. The maximum Gasteiger partial charge on any atom is 0.316 e. The van der Waals surface area contributed by atoms with Crippen molar-refractivity contribution in [3.05, 3.63) is 0 Å². The van der Waals surface area contributed by atoms with Gasteiger partial charge >= 0.3 is 5.97 Å². The number of halogens is 1. The molecule has 1 atom stereocenters. The molecule has 1 N–H and O–H groups in total. The molecule has 0 heterocycles. The Morgan fingerprint density at radius 1 is 1.64 bits per heavy atom. The van der Waals surface area contributed by atoms with E-state index in [9.17, 15) is 9.18 Å². The molecule has 0 aliphatic heterocycles. The highest BCUT2D eigenvalue weighted by Crippen LogP contribution is 2.12. The summed E-state index contributed by atoms with van der Waals surface area (Å²) in [4.78, 5) is 10.3. The first-order valence-corrected chi connectivity index (χ1v) is 4.63. The number of thioether (sulfide) groups is 1. The van der Waals surface area contributed by atoms with Gasteiger partial charge in [-0.15, -0.1) is 11.8 Å². The number of unbranched alkanes of at least 4 members (excludes halogenated alkanes) is 1. The zero-order valence-corrected chi connectivity index (χ0v) is 7.36. The third kappa shape index (κ3) is 6.16. The molecular weight excluding hydrogens is 167 g/mol. The Hall–Kier alpha value is -0.250. The Labute approximate surface area is 70.2 Å². The number of alkyl halides is 1. The molecule has 0 aromatic rings. The summed E-state index contributed by atoms with van der Waals surface area (Å²) in [5, 5.41) is 8.08. The topological polar surface area (TPSA) is 37.3 Å². The largest absolute Gasteiger partial charge is 0.480 e. The third-order valence-corrected chi connectivity index (χ3v) is 2.47. The maximum atomic E-state index is 11.6. The van der Waals surface area contributed by atoms with Crippen LogP contribution in [-0.2, 0) is 4.79 Å². The van der Waals surface area contributed by atoms with E-state index in [2.05, 4.69) is 0 Å². The van der Waals surface area contributed by atoms with Crippen molar-refractivity contribution in [2.45, 2.75) is 25.0 Å². The predicted octanol–water partition coefficient (Wildman–Crippen LogP) is 1.94. The van der Waals surface area contributed by atoms with Crippen molar-refractivity contribution in [3.8, 4) is 0 Å². The quantitative estimate of drug-likeness (QED) is 0.635. The van der Waals surface area contributed by atoms with E-state index in [1.54, 1.807) is 6.92 Å². The first-order chi connectivity index (χ1) is 5.18. The molecule has 0 fully saturated rings. The SMILES string of the molecule is CC(SCCCCF)C(=O)O. The summed E-state index contributed by atoms with van der Waals surface area (Å²) >= 11 is 1.36. The molecule has 11 heavy (non-hydrogen) atoms. The Morgan fingerprint density at radius 3 is 2.73 bits per heavy atom. The molecular formula is C7H13FO2S. The number of hydrogen-bond acceptors (Lipinski definition) is 2. The standard InChI is InChI=1S/C7H13FO2S/c1-6(7(9)10)11-5-3-2-4-8/h6H,2-5H2,1H3,(H,9,10). The number of carboxylic acid groups (broad SMARTS) is 1. The van der Waals surface area contributed by atoms with Crippen LogP contribution >= 0.6 is 11.8 Å². The van der Waals surface area contributed by atoms with E-state index in [-0.39, 0.29) is 11.9 Å². The average molecular weight is 180 g/mol. The molecule has 0 bridgehead atoms. The van der Waals surface area contributed by atoms with E-state index in [0.717, 1.165) is 12.2 Å². The third-order valence-electron chi connectivity index (χ3n) is 1.24. The van der Waals surface area contributed by atoms with Crippen molar-refractivity contribution >= 4 is 17.7 Å². The minimum atomic E-state index is -0.796. The predicted molar refractivity (Wildman–Crippen MR) is 44.8 cm³/mol. The number of rotatable bonds is 6. The van der Waals surface area contributed by atoms with E-state index in [1.807, 2.05) is 0 Å². The lowest BCUT2D eigenvalue weighted by atomic mass is 10.4. The van der Waals surface area contributed by atoms with Gasteiger partial charge in [-0.1, -0.05) is 0 Å². The molecule has 2 nitrogen and oxygen atoms in total. The Kier molecular flexibility index (Phi) is 6.31. The van der Waals surface area contributed by atoms with Crippen molar-refractivity contribution in [1.82, 2.24) is 0 Å². The molecule has 0 amide bonds. The van der Waals surface area contributed by atoms with Crippen molar-refractivity contribution in [1.29, 1.82) is 0 Å². The Bertz CT molecular complexity index is 119. The Morgan fingerprint density at radius 2 is 2.27 bits per heavy atom. The van der Waals surface area contributed by atoms with E-state index in [4.69, 9.17) is 5.11 Å². The lowest BCUT2D eigenvalue weighted by Gasteiger charge is -2.03. The molecule has 0 aliphatic carbocycles. The lowest BCUT2D eigenvalue weighted by molar-refractivity contribution is -0.136. The van der Waals surface area contributed by atoms with Crippen molar-refractivity contribution in [2.75, 3.05) is 12.4 Å². The first-order valence-electron chi connectivity index (χ1n) is 3.59. The second-order valence-corrected chi connectivity index (χ2v) is 3.70. The summed E-state index contributed by atoms with van der Waals surface area (Å²) in [5.41, 5.74) is 0. The van der Waals surface area contributed by atoms with Gasteiger partial charge in [-0.2, -0.15) is 0 Å². The molecule has 1 unspecified atom stereocenters. The highest BCUT2D eigenvalue weighted by atomic mass is 32.2. The maximum absolute atomic E-state index is 11.6. The van der Waals surface area contributed by atoms with Crippen LogP contribution in [0.3, 0.4) is 0 Å². The summed E-state index contributed by atoms with van der Waals surface area (Å²) in [5.74, 6) is -0.0625. The molecule has 0 aliphatic rings. The highest BCUT2D eigenvalue weighted by Gasteiger charge is 2.09. The molecule has 0 saturated heterocycles. The fourth-order valence-electron chi connectivity index (χ4n) is 0.528. The van der Waals surface area contributed by atoms with Gasteiger partial charge in [0.15, 0.2) is 0 Å². The van der Waals surface area contributed by atoms with Crippen LogP contribution in [0.5, 0.6) is 0 Å². The zero-order valence-electron chi connectivity index (χ0n) is 6.55. The van der Waals surface area contributed by atoms with Crippen molar-refractivity contribution in [3.63, 3.8) is 0 Å². The normalized spacial score (nSPS) is 12.9. The van der Waals surface area contributed by atoms with Gasteiger partial charge < -0.3 is 5.11 Å². The fourth-order valence-corrected chi connectivity index (χ4v) is 1.39. The highest BCUT2D eigenvalue weighted by molar-refractivity contribution is 8.00. The summed E-state index contributed by atoms with van der Waals surface area (Å²) in [7, 11) is 0. The van der Waals surface area contributed by atoms with Crippen LogP contribution in [-0.4, -0.2) is 28.8 Å². The molecule has 0 aromatic heterocycles. The monoisotopic (exact) mass is 180 g/mol. The van der Waals surface area contributed by atoms with E-state index in [0.29, 0.717) is 6.42 Å². The van der Waals surface area contributed by atoms with Gasteiger partial charge in [0.05, 0.1) is 11.9 Å². The zero-order chi connectivity index (χ0) is 8.69. The van der Waals surface area contributed by atoms with E-state index in [1.165, 1.54) is 11.8 Å². The van der Waals surface area contributed by atoms with Gasteiger partial charge in [-0.3, -0.25) is 9.18 Å². The molecule has 4 heteroatoms. The fraction of sp³-hybridized carbons (Fsp3) is 0.857. The number of hydrogen-bond donors (Lipinski definition) is 1. The number of carboxylic acids is 1. The first kappa shape index (κ1) is 10.8. The molecule has 0 spiro atoms. The van der Waals surface area contributed by atoms with Gasteiger partial charge in [0.25, 0.3) is 0 Å². The second kappa shape index (κ2) is 6.46. The second-order valence-electron chi connectivity index (χ2n) is 2.25. The van der Waals surface area contributed by atoms with Crippen molar-refractivity contribution in [2.24, 2.45) is 0 Å². The van der Waals surface area contributed by atoms with E-state index >= 15 is 0 Å². The lowest BCUT2D eigenvalue weighted by Crippen LogP contribution is -2.11. The van der Waals surface area contributed by atoms with Crippen LogP contribution in [0, 0.1) is 0 Å². The van der Waals surface area contributed by atoms with Crippen LogP contribution < -0.4 is 0 Å². The van der Waals surface area contributed by atoms with Crippen LogP contribution in [0.1, 0.15) is 19.8 Å². The average Bonchev–Trinajstić information content (AvgIpc) is 1.97. The summed E-state index contributed by atoms with van der Waals surface area (Å²) in [6, 6.07) is 0. The molecule has 0 saturated carbocycles. The summed E-state index contributed by atoms with van der Waals surface area (Å²) < 4.78 is 11.6. The van der Waals surface area contributed by atoms with Gasteiger partial charge in [-0.25, -0.2) is 0 Å². The smallest absolute Gasteiger partial charge is 0.316 e.